The summed E-state index contributed by atoms with van der Waals surface area (Å²) >= 11 is -3.14. The molecule has 1 nitrogen and oxygen atoms in total. The van der Waals surface area contributed by atoms with Gasteiger partial charge in [0.2, 0.25) is 0 Å². The number of benzene rings is 3. The van der Waals surface area contributed by atoms with Crippen LogP contribution in [0.25, 0.3) is 0 Å². The van der Waals surface area contributed by atoms with Crippen molar-refractivity contribution >= 4 is 58.2 Å². The van der Waals surface area contributed by atoms with Gasteiger partial charge in [0, 0.05) is 0 Å². The number of aliphatic hydroxyl groups excluding tert-OH is 1. The van der Waals surface area contributed by atoms with Crippen LogP contribution >= 0.6 is 0 Å². The second-order valence-electron chi connectivity index (χ2n) is 12.5. The van der Waals surface area contributed by atoms with E-state index in [1.807, 2.05) is 0 Å². The molecule has 0 aliphatic carbocycles. The number of rotatable bonds is 11. The monoisotopic (exact) mass is 638 g/mol. The molecule has 1 N–H and O–H groups in total. The number of allylic oxidation sites excluding steroid dienone is 1. The SMILES string of the molecule is C/C=[C](/CO)[Sn]([CH2][Si](C)(C)c1ccccc1)([CH2][Si](C)(C)c1ccccc1)[CH2][Si](C)(C)c1ccccc1. The third kappa shape index (κ3) is 7.01. The summed E-state index contributed by atoms with van der Waals surface area (Å²) in [5, 5.41) is 15.6. The second kappa shape index (κ2) is 12.1. The minimum absolute atomic E-state index is 0.240. The predicted molar refractivity (Wildman–Crippen MR) is 172 cm³/mol. The molecule has 3 rings (SSSR count). The van der Waals surface area contributed by atoms with E-state index in [1.165, 1.54) is 15.8 Å². The van der Waals surface area contributed by atoms with Crippen molar-refractivity contribution in [1.82, 2.24) is 0 Å². The average Bonchev–Trinajstić information content (AvgIpc) is 2.85. The molecule has 192 valence electrons. The molecule has 0 saturated heterocycles. The van der Waals surface area contributed by atoms with Crippen LogP contribution < -0.4 is 15.6 Å². The molecule has 0 aromatic heterocycles. The summed E-state index contributed by atoms with van der Waals surface area (Å²) in [6, 6.07) is 34.0. The van der Waals surface area contributed by atoms with E-state index in [-0.39, 0.29) is 6.61 Å². The van der Waals surface area contributed by atoms with E-state index in [0.29, 0.717) is 0 Å². The summed E-state index contributed by atoms with van der Waals surface area (Å²) in [5.41, 5.74) is 0. The van der Waals surface area contributed by atoms with E-state index < -0.39 is 42.6 Å². The zero-order chi connectivity index (χ0) is 26.5. The zero-order valence-corrected chi connectivity index (χ0v) is 29.4. The van der Waals surface area contributed by atoms with Gasteiger partial charge in [-0.05, 0) is 0 Å². The van der Waals surface area contributed by atoms with Crippen LogP contribution in [0, 0.1) is 0 Å². The number of hydrogen-bond donors (Lipinski definition) is 1. The molecule has 5 heteroatoms. The van der Waals surface area contributed by atoms with Crippen LogP contribution in [0.2, 0.25) is 51.5 Å². The van der Waals surface area contributed by atoms with E-state index in [9.17, 15) is 5.11 Å². The Morgan fingerprint density at radius 3 is 1.08 bits per heavy atom. The van der Waals surface area contributed by atoms with Gasteiger partial charge in [-0.2, -0.15) is 0 Å². The van der Waals surface area contributed by atoms with Gasteiger partial charge in [0.05, 0.1) is 0 Å². The molecule has 0 aliphatic heterocycles. The Balaban J connectivity index is 2.19. The third-order valence-electron chi connectivity index (χ3n) is 8.21. The predicted octanol–water partition coefficient (Wildman–Crippen LogP) is 6.38. The molecule has 0 fully saturated rings. The summed E-state index contributed by atoms with van der Waals surface area (Å²) in [7, 11) is -5.18. The fourth-order valence-electron chi connectivity index (χ4n) is 6.61. The van der Waals surface area contributed by atoms with E-state index in [2.05, 4.69) is 143 Å². The molecule has 0 aliphatic rings. The third-order valence-corrected chi connectivity index (χ3v) is 63.8. The first-order valence-electron chi connectivity index (χ1n) is 13.4. The fourth-order valence-corrected chi connectivity index (χ4v) is 84.6. The van der Waals surface area contributed by atoms with Crippen LogP contribution in [0.3, 0.4) is 0 Å². The normalized spacial score (nSPS) is 13.6. The van der Waals surface area contributed by atoms with Crippen molar-refractivity contribution in [3.8, 4) is 0 Å². The summed E-state index contributed by atoms with van der Waals surface area (Å²) in [5.74, 6) is 0. The van der Waals surface area contributed by atoms with Crippen LogP contribution in [-0.4, -0.2) is 54.3 Å². The molecular weight excluding hydrogens is 591 g/mol. The molecule has 0 unspecified atom stereocenters. The van der Waals surface area contributed by atoms with Crippen LogP contribution in [0.5, 0.6) is 0 Å². The Hall–Kier alpha value is -1.19. The topological polar surface area (TPSA) is 20.2 Å². The van der Waals surface area contributed by atoms with Crippen LogP contribution in [-0.2, 0) is 0 Å². The van der Waals surface area contributed by atoms with E-state index >= 15 is 0 Å². The molecule has 36 heavy (non-hydrogen) atoms. The van der Waals surface area contributed by atoms with Crippen molar-refractivity contribution in [2.45, 2.75) is 58.4 Å². The van der Waals surface area contributed by atoms with E-state index in [0.717, 1.165) is 0 Å². The van der Waals surface area contributed by atoms with Crippen molar-refractivity contribution in [1.29, 1.82) is 0 Å². The first-order chi connectivity index (χ1) is 17.0. The van der Waals surface area contributed by atoms with Crippen molar-refractivity contribution in [3.05, 3.63) is 101 Å². The van der Waals surface area contributed by atoms with Gasteiger partial charge in [0.1, 0.15) is 0 Å². The quantitative estimate of drug-likeness (QED) is 0.242. The van der Waals surface area contributed by atoms with Gasteiger partial charge >= 0.3 is 229 Å². The molecular formula is C31H46OSi3Sn. The van der Waals surface area contributed by atoms with Gasteiger partial charge in [0.25, 0.3) is 0 Å². The molecule has 0 atom stereocenters. The fraction of sp³-hybridized carbons (Fsp3) is 0.355. The maximum atomic E-state index is 10.9. The Morgan fingerprint density at radius 1 is 0.583 bits per heavy atom. The molecule has 0 amide bonds. The molecule has 3 aromatic carbocycles. The Morgan fingerprint density at radius 2 is 0.861 bits per heavy atom. The standard InChI is InChI=1S/3C9H13Si.C4H7O.Sn/c3*1-10(2,3)9-7-5-4-6-8-9;1-2-3-4-5;/h3*4-8H,1H2,2-3H3;2,5H,4H2,1H3;. The van der Waals surface area contributed by atoms with Crippen LogP contribution in [0.1, 0.15) is 6.92 Å². The van der Waals surface area contributed by atoms with Crippen molar-refractivity contribution in [3.63, 3.8) is 0 Å². The Kier molecular flexibility index (Phi) is 9.88. The molecule has 3 aromatic rings. The Labute approximate surface area is 227 Å². The Bertz CT molecular complexity index is 996. The van der Waals surface area contributed by atoms with E-state index in [1.54, 1.807) is 15.6 Å². The van der Waals surface area contributed by atoms with Gasteiger partial charge in [-0.15, -0.1) is 0 Å². The molecule has 0 saturated carbocycles. The van der Waals surface area contributed by atoms with Crippen molar-refractivity contribution < 1.29 is 5.11 Å². The molecule has 0 spiro atoms. The molecule has 0 bridgehead atoms. The van der Waals surface area contributed by atoms with Crippen molar-refractivity contribution in [2.75, 3.05) is 6.61 Å². The summed E-state index contributed by atoms with van der Waals surface area (Å²) in [6.45, 7) is 18.0. The summed E-state index contributed by atoms with van der Waals surface area (Å²) in [6.07, 6.45) is 2.34. The second-order valence-corrected chi connectivity index (χ2v) is 44.9. The van der Waals surface area contributed by atoms with Crippen LogP contribution in [0.4, 0.5) is 0 Å². The average molecular weight is 638 g/mol. The summed E-state index contributed by atoms with van der Waals surface area (Å²) in [4.78, 5) is 0. The number of hydrogen-bond acceptors (Lipinski definition) is 1. The van der Waals surface area contributed by atoms with Gasteiger partial charge in [-0.25, -0.2) is 0 Å². The zero-order valence-electron chi connectivity index (χ0n) is 23.5. The molecule has 0 radical (unpaired) electrons. The summed E-state index contributed by atoms with van der Waals surface area (Å²) < 4.78 is 5.59. The maximum absolute atomic E-state index is 10.9. The first kappa shape index (κ1) is 29.4. The minimum atomic E-state index is -3.14. The number of aliphatic hydroxyl groups is 1. The van der Waals surface area contributed by atoms with E-state index in [4.69, 9.17) is 0 Å². The van der Waals surface area contributed by atoms with Crippen LogP contribution in [0.15, 0.2) is 101 Å². The van der Waals surface area contributed by atoms with Gasteiger partial charge in [-0.1, -0.05) is 0 Å². The van der Waals surface area contributed by atoms with Gasteiger partial charge < -0.3 is 0 Å². The first-order valence-corrected chi connectivity index (χ1v) is 30.5. The van der Waals surface area contributed by atoms with Crippen molar-refractivity contribution in [2.24, 2.45) is 0 Å². The molecule has 0 heterocycles. The van der Waals surface area contributed by atoms with Gasteiger partial charge in [0.15, 0.2) is 0 Å². The van der Waals surface area contributed by atoms with Gasteiger partial charge in [-0.3, -0.25) is 0 Å².